The number of nitrogens with zero attached hydrogens (tertiary/aromatic N) is 1. The van der Waals surface area contributed by atoms with Crippen molar-refractivity contribution >= 4 is 34.9 Å². The summed E-state index contributed by atoms with van der Waals surface area (Å²) in [5.41, 5.74) is 3.56. The zero-order chi connectivity index (χ0) is 19.2. The molecule has 1 N–H and O–H groups in total. The Kier molecular flexibility index (Phi) is 4.80. The lowest BCUT2D eigenvalue weighted by molar-refractivity contribution is -0.125. The molecular weight excluding hydrogens is 376 g/mol. The summed E-state index contributed by atoms with van der Waals surface area (Å²) in [5.74, 6) is 1.14. The minimum absolute atomic E-state index is 0.0223. The van der Waals surface area contributed by atoms with E-state index >= 15 is 0 Å². The van der Waals surface area contributed by atoms with E-state index in [-0.39, 0.29) is 17.4 Å². The maximum Gasteiger partial charge on any atom is 0.265 e. The Labute approximate surface area is 168 Å². The zero-order valence-electron chi connectivity index (χ0n) is 15.9. The van der Waals surface area contributed by atoms with E-state index < -0.39 is 6.04 Å². The number of aryl methyl sites for hydroxylation is 2. The van der Waals surface area contributed by atoms with Crippen molar-refractivity contribution in [2.24, 2.45) is 0 Å². The van der Waals surface area contributed by atoms with Crippen molar-refractivity contribution < 1.29 is 9.59 Å². The minimum Gasteiger partial charge on any atom is -0.350 e. The average Bonchev–Trinajstić information content (AvgIpc) is 3.26. The first kappa shape index (κ1) is 18.6. The van der Waals surface area contributed by atoms with Crippen LogP contribution in [-0.2, 0) is 17.6 Å². The SMILES string of the molecule is CC(C)(C)NC(=O)[C@@H]1CSCN1C(=O)c1cc2c(s1)-c1ccccc1CC2. The van der Waals surface area contributed by atoms with Crippen molar-refractivity contribution in [2.45, 2.75) is 45.2 Å². The fraction of sp³-hybridized carbons (Fsp3) is 0.429. The third-order valence-corrected chi connectivity index (χ3v) is 7.10. The molecule has 2 aliphatic rings. The molecule has 142 valence electrons. The number of nitrogens with one attached hydrogen (secondary N) is 1. The highest BCUT2D eigenvalue weighted by Gasteiger charge is 2.37. The molecule has 0 saturated carbocycles. The lowest BCUT2D eigenvalue weighted by Gasteiger charge is -2.27. The second kappa shape index (κ2) is 6.99. The van der Waals surface area contributed by atoms with Crippen molar-refractivity contribution in [2.75, 3.05) is 11.6 Å². The van der Waals surface area contributed by atoms with E-state index in [9.17, 15) is 9.59 Å². The number of hydrogen-bond acceptors (Lipinski definition) is 4. The molecule has 27 heavy (non-hydrogen) atoms. The van der Waals surface area contributed by atoms with Crippen LogP contribution in [0.4, 0.5) is 0 Å². The van der Waals surface area contributed by atoms with Crippen LogP contribution < -0.4 is 5.32 Å². The third-order valence-electron chi connectivity index (χ3n) is 4.89. The molecule has 0 bridgehead atoms. The van der Waals surface area contributed by atoms with Crippen molar-refractivity contribution in [1.82, 2.24) is 10.2 Å². The van der Waals surface area contributed by atoms with E-state index in [1.807, 2.05) is 26.8 Å². The molecule has 6 heteroatoms. The van der Waals surface area contributed by atoms with Gasteiger partial charge in [-0.25, -0.2) is 0 Å². The second-order valence-corrected chi connectivity index (χ2v) is 10.2. The number of thiophene rings is 1. The zero-order valence-corrected chi connectivity index (χ0v) is 17.5. The Hall–Kier alpha value is -1.79. The molecule has 4 rings (SSSR count). The lowest BCUT2D eigenvalue weighted by Crippen LogP contribution is -2.52. The maximum atomic E-state index is 13.2. The highest BCUT2D eigenvalue weighted by molar-refractivity contribution is 7.99. The van der Waals surface area contributed by atoms with Crippen LogP contribution >= 0.6 is 23.1 Å². The van der Waals surface area contributed by atoms with E-state index in [0.717, 1.165) is 17.7 Å². The monoisotopic (exact) mass is 400 g/mol. The van der Waals surface area contributed by atoms with Crippen LogP contribution in [0.3, 0.4) is 0 Å². The van der Waals surface area contributed by atoms with Gasteiger partial charge in [-0.3, -0.25) is 9.59 Å². The summed E-state index contributed by atoms with van der Waals surface area (Å²) < 4.78 is 0. The Bertz CT molecular complexity index is 898. The first-order valence-corrected chi connectivity index (χ1v) is 11.2. The van der Waals surface area contributed by atoms with Crippen molar-refractivity contribution in [3.8, 4) is 10.4 Å². The molecule has 2 amide bonds. The van der Waals surface area contributed by atoms with E-state index in [1.165, 1.54) is 21.6 Å². The molecule has 1 aromatic carbocycles. The number of amides is 2. The summed E-state index contributed by atoms with van der Waals surface area (Å²) in [6, 6.07) is 10.1. The number of hydrogen-bond donors (Lipinski definition) is 1. The number of benzene rings is 1. The van der Waals surface area contributed by atoms with E-state index in [4.69, 9.17) is 0 Å². The van der Waals surface area contributed by atoms with Gasteiger partial charge in [0, 0.05) is 16.2 Å². The highest BCUT2D eigenvalue weighted by Crippen LogP contribution is 2.40. The van der Waals surface area contributed by atoms with Crippen molar-refractivity contribution in [3.63, 3.8) is 0 Å². The van der Waals surface area contributed by atoms with Gasteiger partial charge in [0.15, 0.2) is 0 Å². The van der Waals surface area contributed by atoms with Gasteiger partial charge < -0.3 is 10.2 Å². The van der Waals surface area contributed by atoms with Gasteiger partial charge in [0.2, 0.25) is 5.91 Å². The average molecular weight is 401 g/mol. The predicted octanol–water partition coefficient (Wildman–Crippen LogP) is 3.94. The first-order chi connectivity index (χ1) is 12.8. The molecule has 1 aliphatic heterocycles. The summed E-state index contributed by atoms with van der Waals surface area (Å²) in [7, 11) is 0. The minimum atomic E-state index is -0.395. The van der Waals surface area contributed by atoms with Gasteiger partial charge in [0.05, 0.1) is 10.8 Å². The quantitative estimate of drug-likeness (QED) is 0.831. The smallest absolute Gasteiger partial charge is 0.265 e. The van der Waals surface area contributed by atoms with Gasteiger partial charge in [0.25, 0.3) is 5.91 Å². The molecule has 1 aromatic heterocycles. The molecule has 1 fully saturated rings. The first-order valence-electron chi connectivity index (χ1n) is 9.25. The summed E-state index contributed by atoms with van der Waals surface area (Å²) in [4.78, 5) is 29.5. The van der Waals surface area contributed by atoms with Gasteiger partial charge in [-0.2, -0.15) is 0 Å². The number of carbonyl (C=O) groups is 2. The van der Waals surface area contributed by atoms with Gasteiger partial charge >= 0.3 is 0 Å². The van der Waals surface area contributed by atoms with Crippen LogP contribution in [0.15, 0.2) is 30.3 Å². The van der Waals surface area contributed by atoms with E-state index in [1.54, 1.807) is 28.0 Å². The normalized spacial score (nSPS) is 18.8. The van der Waals surface area contributed by atoms with Crippen LogP contribution in [0.5, 0.6) is 0 Å². The summed E-state index contributed by atoms with van der Waals surface area (Å²) in [6.07, 6.45) is 1.99. The Balaban J connectivity index is 1.59. The molecule has 0 radical (unpaired) electrons. The number of thioether (sulfide) groups is 1. The van der Waals surface area contributed by atoms with Gasteiger partial charge in [-0.1, -0.05) is 24.3 Å². The number of fused-ring (bicyclic) bond motifs is 3. The fourth-order valence-corrected chi connectivity index (χ4v) is 6.01. The van der Waals surface area contributed by atoms with Crippen molar-refractivity contribution in [1.29, 1.82) is 0 Å². The Morgan fingerprint density at radius 2 is 1.89 bits per heavy atom. The summed E-state index contributed by atoms with van der Waals surface area (Å²) in [5, 5.41) is 3.02. The number of rotatable bonds is 2. The Morgan fingerprint density at radius 3 is 2.67 bits per heavy atom. The molecule has 4 nitrogen and oxygen atoms in total. The maximum absolute atomic E-state index is 13.2. The predicted molar refractivity (Wildman–Crippen MR) is 112 cm³/mol. The van der Waals surface area contributed by atoms with Crippen LogP contribution in [0, 0.1) is 0 Å². The second-order valence-electron chi connectivity index (χ2n) is 8.15. The topological polar surface area (TPSA) is 49.4 Å². The molecule has 0 spiro atoms. The third kappa shape index (κ3) is 3.65. The standard InChI is InChI=1S/C21H24N2O2S2/c1-21(2,3)22-19(24)16-11-26-12-23(16)20(25)17-10-14-9-8-13-6-4-5-7-15(13)18(14)27-17/h4-7,10,16H,8-9,11-12H2,1-3H3,(H,22,24)/t16-/m0/s1. The van der Waals surface area contributed by atoms with Gasteiger partial charge in [0.1, 0.15) is 6.04 Å². The molecule has 2 aromatic rings. The van der Waals surface area contributed by atoms with Gasteiger partial charge in [-0.15, -0.1) is 23.1 Å². The summed E-state index contributed by atoms with van der Waals surface area (Å²) in [6.45, 7) is 5.89. The Morgan fingerprint density at radius 1 is 1.15 bits per heavy atom. The van der Waals surface area contributed by atoms with Gasteiger partial charge in [-0.05, 0) is 56.4 Å². The fourth-order valence-electron chi connectivity index (χ4n) is 3.63. The van der Waals surface area contributed by atoms with Crippen LogP contribution in [0.2, 0.25) is 0 Å². The number of carbonyl (C=O) groups excluding carboxylic acids is 2. The summed E-state index contributed by atoms with van der Waals surface area (Å²) >= 11 is 3.21. The van der Waals surface area contributed by atoms with E-state index in [2.05, 4.69) is 29.6 Å². The largest absolute Gasteiger partial charge is 0.350 e. The van der Waals surface area contributed by atoms with Crippen LogP contribution in [0.25, 0.3) is 10.4 Å². The lowest BCUT2D eigenvalue weighted by atomic mass is 9.91. The highest BCUT2D eigenvalue weighted by atomic mass is 32.2. The molecule has 0 unspecified atom stereocenters. The molecular formula is C21H24N2O2S2. The molecule has 2 heterocycles. The molecule has 1 saturated heterocycles. The molecule has 1 atom stereocenters. The van der Waals surface area contributed by atoms with Crippen LogP contribution in [0.1, 0.15) is 41.6 Å². The van der Waals surface area contributed by atoms with E-state index in [0.29, 0.717) is 11.6 Å². The van der Waals surface area contributed by atoms with Crippen LogP contribution in [-0.4, -0.2) is 39.9 Å². The van der Waals surface area contributed by atoms with Crippen molar-refractivity contribution in [3.05, 3.63) is 46.3 Å². The molecule has 1 aliphatic carbocycles.